The van der Waals surface area contributed by atoms with E-state index >= 15 is 0 Å². The topological polar surface area (TPSA) is 113 Å². The van der Waals surface area contributed by atoms with Gasteiger partial charge in [-0.05, 0) is 35.8 Å². The number of ether oxygens (including phenoxy) is 2. The average Bonchev–Trinajstić information content (AvgIpc) is 3.26. The lowest BCUT2D eigenvalue weighted by atomic mass is 9.62. The van der Waals surface area contributed by atoms with E-state index in [0.29, 0.717) is 16.7 Å². The maximum atomic E-state index is 13.2. The Bertz CT molecular complexity index is 1160. The van der Waals surface area contributed by atoms with E-state index in [1.54, 1.807) is 12.1 Å². The molecule has 2 aromatic rings. The predicted octanol–water partition coefficient (Wildman–Crippen LogP) is 3.36. The highest BCUT2D eigenvalue weighted by molar-refractivity contribution is 6.15. The predicted molar refractivity (Wildman–Crippen MR) is 117 cm³/mol. The van der Waals surface area contributed by atoms with Gasteiger partial charge in [0.05, 0.1) is 25.0 Å². The van der Waals surface area contributed by atoms with Crippen molar-refractivity contribution in [2.75, 3.05) is 7.11 Å². The van der Waals surface area contributed by atoms with Gasteiger partial charge in [-0.15, -0.1) is 0 Å². The van der Waals surface area contributed by atoms with Gasteiger partial charge >= 0.3 is 6.09 Å². The van der Waals surface area contributed by atoms with Gasteiger partial charge in [0, 0.05) is 17.2 Å². The van der Waals surface area contributed by atoms with Crippen LogP contribution in [0.2, 0.25) is 0 Å². The SMILES string of the molecule is COC(=O)N1C(=O)[C@H]2[C@H](C[C@H](C(C)C)[C@@]3(O)O[C@H](c4ccc(O)c5ccccc45)C[C@@H]23)C1=O. The van der Waals surface area contributed by atoms with Crippen LogP contribution in [0.4, 0.5) is 4.79 Å². The quantitative estimate of drug-likeness (QED) is 0.671. The first-order chi connectivity index (χ1) is 15.7. The molecule has 174 valence electrons. The van der Waals surface area contributed by atoms with E-state index in [4.69, 9.17) is 4.74 Å². The van der Waals surface area contributed by atoms with Crippen LogP contribution in [-0.2, 0) is 19.1 Å². The fraction of sp³-hybridized carbons (Fsp3) is 0.480. The van der Waals surface area contributed by atoms with E-state index in [1.165, 1.54) is 0 Å². The summed E-state index contributed by atoms with van der Waals surface area (Å²) in [6, 6.07) is 10.8. The minimum Gasteiger partial charge on any atom is -0.507 e. The lowest BCUT2D eigenvalue weighted by Gasteiger charge is -2.46. The molecule has 0 aromatic heterocycles. The number of aliphatic hydroxyl groups is 1. The van der Waals surface area contributed by atoms with Crippen molar-refractivity contribution in [3.8, 4) is 5.75 Å². The highest BCUT2D eigenvalue weighted by atomic mass is 16.6. The molecule has 0 unspecified atom stereocenters. The van der Waals surface area contributed by atoms with Gasteiger partial charge in [-0.2, -0.15) is 4.90 Å². The molecule has 3 aliphatic rings. The monoisotopic (exact) mass is 453 g/mol. The van der Waals surface area contributed by atoms with Crippen molar-refractivity contribution in [2.24, 2.45) is 29.6 Å². The molecule has 8 nitrogen and oxygen atoms in total. The number of carbonyl (C=O) groups is 3. The maximum absolute atomic E-state index is 13.2. The molecule has 0 bridgehead atoms. The molecule has 1 saturated carbocycles. The summed E-state index contributed by atoms with van der Waals surface area (Å²) in [6.45, 7) is 3.90. The van der Waals surface area contributed by atoms with Gasteiger partial charge in [-0.25, -0.2) is 4.79 Å². The second-order valence-corrected chi connectivity index (χ2v) is 9.62. The van der Waals surface area contributed by atoms with E-state index in [1.807, 2.05) is 38.1 Å². The number of rotatable bonds is 2. The first-order valence-electron chi connectivity index (χ1n) is 11.3. The van der Waals surface area contributed by atoms with Crippen molar-refractivity contribution in [1.82, 2.24) is 4.90 Å². The van der Waals surface area contributed by atoms with Crippen LogP contribution in [0.3, 0.4) is 0 Å². The largest absolute Gasteiger partial charge is 0.507 e. The van der Waals surface area contributed by atoms with Crippen molar-refractivity contribution in [3.05, 3.63) is 42.0 Å². The molecule has 1 aliphatic carbocycles. The summed E-state index contributed by atoms with van der Waals surface area (Å²) in [5.41, 5.74) is 0.798. The van der Waals surface area contributed by atoms with Crippen LogP contribution < -0.4 is 0 Å². The van der Waals surface area contributed by atoms with E-state index in [9.17, 15) is 24.6 Å². The third-order valence-corrected chi connectivity index (χ3v) is 7.72. The van der Waals surface area contributed by atoms with Gasteiger partial charge < -0.3 is 19.7 Å². The maximum Gasteiger partial charge on any atom is 0.423 e. The molecule has 3 fully saturated rings. The highest BCUT2D eigenvalue weighted by Gasteiger charge is 2.68. The summed E-state index contributed by atoms with van der Waals surface area (Å²) in [6.07, 6.45) is -0.982. The summed E-state index contributed by atoms with van der Waals surface area (Å²) in [4.78, 5) is 39.0. The zero-order chi connectivity index (χ0) is 23.7. The van der Waals surface area contributed by atoms with E-state index < -0.39 is 53.5 Å². The molecular weight excluding hydrogens is 426 g/mol. The number of imide groups is 3. The van der Waals surface area contributed by atoms with Crippen LogP contribution >= 0.6 is 0 Å². The normalized spacial score (nSPS) is 33.5. The van der Waals surface area contributed by atoms with Gasteiger partial charge in [0.15, 0.2) is 5.79 Å². The summed E-state index contributed by atoms with van der Waals surface area (Å²) < 4.78 is 11.0. The molecule has 2 aliphatic heterocycles. The van der Waals surface area contributed by atoms with Gasteiger partial charge in [0.2, 0.25) is 11.8 Å². The Kier molecular flexibility index (Phi) is 4.99. The van der Waals surface area contributed by atoms with E-state index in [2.05, 4.69) is 4.74 Å². The average molecular weight is 453 g/mol. The Morgan fingerprint density at radius 3 is 2.48 bits per heavy atom. The number of hydrogen-bond donors (Lipinski definition) is 2. The number of phenolic OH excluding ortho intramolecular Hbond substituents is 1. The lowest BCUT2D eigenvalue weighted by molar-refractivity contribution is -0.276. The van der Waals surface area contributed by atoms with Crippen LogP contribution in [0.25, 0.3) is 10.8 Å². The molecule has 6 atom stereocenters. The van der Waals surface area contributed by atoms with Crippen molar-refractivity contribution in [1.29, 1.82) is 0 Å². The molecule has 5 rings (SSSR count). The van der Waals surface area contributed by atoms with Crippen LogP contribution in [0.5, 0.6) is 5.75 Å². The number of carbonyl (C=O) groups excluding carboxylic acids is 3. The Balaban J connectivity index is 1.59. The van der Waals surface area contributed by atoms with Crippen LogP contribution in [0.15, 0.2) is 36.4 Å². The Morgan fingerprint density at radius 2 is 1.82 bits per heavy atom. The van der Waals surface area contributed by atoms with Gasteiger partial charge in [0.25, 0.3) is 0 Å². The minimum atomic E-state index is -1.62. The van der Waals surface area contributed by atoms with Crippen LogP contribution in [0.1, 0.15) is 38.4 Å². The molecule has 0 spiro atoms. The smallest absolute Gasteiger partial charge is 0.423 e. The van der Waals surface area contributed by atoms with Crippen molar-refractivity contribution in [2.45, 2.75) is 38.6 Å². The van der Waals surface area contributed by atoms with E-state index in [0.717, 1.165) is 18.1 Å². The molecule has 2 saturated heterocycles. The molecule has 2 aromatic carbocycles. The Hall–Kier alpha value is -2.97. The zero-order valence-electron chi connectivity index (χ0n) is 18.7. The fourth-order valence-corrected chi connectivity index (χ4v) is 6.22. The third kappa shape index (κ3) is 3.00. The van der Waals surface area contributed by atoms with Crippen molar-refractivity contribution in [3.63, 3.8) is 0 Å². The standard InChI is InChI=1S/C25H27NO7/c1-12(2)17-10-16-21(23(29)26(22(16)28)24(30)32-3)18-11-20(33-25(17,18)31)15-8-9-19(27)14-7-5-4-6-13(14)15/h4-9,12,16-18,20-21,27,31H,10-11H2,1-3H3/t16-,17+,18-,20-,21-,25+/m0/s1. The number of aromatic hydroxyl groups is 1. The first-order valence-corrected chi connectivity index (χ1v) is 11.3. The molecular formula is C25H27NO7. The van der Waals surface area contributed by atoms with E-state index in [-0.39, 0.29) is 18.1 Å². The summed E-state index contributed by atoms with van der Waals surface area (Å²) in [5, 5.41) is 23.6. The lowest BCUT2D eigenvalue weighted by Crippen LogP contribution is -2.55. The molecule has 33 heavy (non-hydrogen) atoms. The van der Waals surface area contributed by atoms with Crippen LogP contribution in [0, 0.1) is 29.6 Å². The van der Waals surface area contributed by atoms with Crippen molar-refractivity contribution < 1.29 is 34.1 Å². The highest BCUT2D eigenvalue weighted by Crippen LogP contribution is 2.60. The van der Waals surface area contributed by atoms with Gasteiger partial charge in [0.1, 0.15) is 5.75 Å². The van der Waals surface area contributed by atoms with Crippen molar-refractivity contribution >= 4 is 28.7 Å². The number of benzene rings is 2. The Labute approximate surface area is 191 Å². The fourth-order valence-electron chi connectivity index (χ4n) is 6.22. The zero-order valence-corrected chi connectivity index (χ0v) is 18.7. The summed E-state index contributed by atoms with van der Waals surface area (Å²) in [7, 11) is 1.13. The molecule has 0 radical (unpaired) electrons. The van der Waals surface area contributed by atoms with Gasteiger partial charge in [-0.1, -0.05) is 44.2 Å². The number of hydrogen-bond acceptors (Lipinski definition) is 7. The number of amides is 3. The van der Waals surface area contributed by atoms with Gasteiger partial charge in [-0.3, -0.25) is 9.59 Å². The summed E-state index contributed by atoms with van der Waals surface area (Å²) in [5.74, 6) is -5.32. The second-order valence-electron chi connectivity index (χ2n) is 9.62. The second kappa shape index (κ2) is 7.53. The number of nitrogens with zero attached hydrogens (tertiary/aromatic N) is 1. The number of likely N-dealkylation sites (tertiary alicyclic amines) is 1. The third-order valence-electron chi connectivity index (χ3n) is 7.72. The molecule has 2 heterocycles. The summed E-state index contributed by atoms with van der Waals surface area (Å²) >= 11 is 0. The minimum absolute atomic E-state index is 0.0242. The number of fused-ring (bicyclic) bond motifs is 4. The molecule has 3 amide bonds. The number of phenols is 1. The van der Waals surface area contributed by atoms with Crippen LogP contribution in [-0.4, -0.2) is 45.9 Å². The number of methoxy groups -OCH3 is 1. The first kappa shape index (κ1) is 21.9. The molecule has 8 heteroatoms. The molecule has 2 N–H and O–H groups in total. The Morgan fingerprint density at radius 1 is 1.12 bits per heavy atom.